The van der Waals surface area contributed by atoms with Crippen LogP contribution in [0.4, 0.5) is 0 Å². The van der Waals surface area contributed by atoms with E-state index < -0.39 is 0 Å². The maximum atomic E-state index is 4.00. The van der Waals surface area contributed by atoms with E-state index in [1.807, 2.05) is 25.3 Å². The van der Waals surface area contributed by atoms with Gasteiger partial charge in [-0.15, -0.1) is 0 Å². The van der Waals surface area contributed by atoms with Gasteiger partial charge >= 0.3 is 0 Å². The molecule has 0 saturated heterocycles. The van der Waals surface area contributed by atoms with Crippen LogP contribution in [0.1, 0.15) is 22.8 Å². The molecule has 0 aliphatic rings. The zero-order valence-corrected chi connectivity index (χ0v) is 14.2. The standard InChI is InChI=1S/C16H15N5.HI/c1-21-15(7-5-13-9-17-11-19-13)3-2-4-16(21)8-6-14-10-18-12-20-14;/h2-12H,1H3,(H,17,18,19,20);1H. The fraction of sp³-hybridized carbons (Fsp3) is 0.0625. The topological polar surface area (TPSA) is 61.2 Å². The first-order valence-electron chi connectivity index (χ1n) is 6.65. The Morgan fingerprint density at radius 1 is 0.864 bits per heavy atom. The van der Waals surface area contributed by atoms with Crippen molar-refractivity contribution in [2.45, 2.75) is 0 Å². The fourth-order valence-electron chi connectivity index (χ4n) is 2.02. The van der Waals surface area contributed by atoms with Crippen LogP contribution in [0.25, 0.3) is 24.3 Å². The molecule has 0 amide bonds. The molecule has 0 bridgehead atoms. The Labute approximate surface area is 145 Å². The number of hydrogen-bond donors (Lipinski definition) is 2. The van der Waals surface area contributed by atoms with Gasteiger partial charge in [0.25, 0.3) is 0 Å². The number of hydrogen-bond acceptors (Lipinski definition) is 2. The summed E-state index contributed by atoms with van der Waals surface area (Å²) < 4.78 is 2.12. The van der Waals surface area contributed by atoms with E-state index in [0.717, 1.165) is 22.8 Å². The molecule has 3 heterocycles. The van der Waals surface area contributed by atoms with Crippen molar-refractivity contribution in [1.29, 1.82) is 0 Å². The van der Waals surface area contributed by atoms with Gasteiger partial charge < -0.3 is 33.9 Å². The van der Waals surface area contributed by atoms with Gasteiger partial charge in [0, 0.05) is 24.3 Å². The van der Waals surface area contributed by atoms with Crippen LogP contribution >= 0.6 is 0 Å². The Morgan fingerprint density at radius 3 is 1.77 bits per heavy atom. The first-order chi connectivity index (χ1) is 10.3. The number of rotatable bonds is 4. The maximum absolute atomic E-state index is 4.00. The molecule has 6 heteroatoms. The second-order valence-electron chi connectivity index (χ2n) is 4.62. The van der Waals surface area contributed by atoms with Crippen LogP contribution in [0.3, 0.4) is 0 Å². The quantitative estimate of drug-likeness (QED) is 0.446. The summed E-state index contributed by atoms with van der Waals surface area (Å²) in [5.74, 6) is 0. The highest BCUT2D eigenvalue weighted by Gasteiger charge is 2.07. The lowest BCUT2D eigenvalue weighted by Crippen LogP contribution is -3.00. The second-order valence-corrected chi connectivity index (χ2v) is 4.62. The van der Waals surface area contributed by atoms with E-state index in [2.05, 4.69) is 48.8 Å². The fourth-order valence-corrected chi connectivity index (χ4v) is 2.02. The van der Waals surface area contributed by atoms with Gasteiger partial charge in [0.05, 0.1) is 36.4 Å². The van der Waals surface area contributed by atoms with Gasteiger partial charge in [0.2, 0.25) is 11.4 Å². The summed E-state index contributed by atoms with van der Waals surface area (Å²) in [6, 6.07) is 6.18. The van der Waals surface area contributed by atoms with Crippen molar-refractivity contribution >= 4 is 24.3 Å². The third-order valence-electron chi connectivity index (χ3n) is 3.21. The van der Waals surface area contributed by atoms with Crippen LogP contribution in [-0.2, 0) is 7.05 Å². The average Bonchev–Trinajstić information content (AvgIpc) is 3.18. The first-order valence-corrected chi connectivity index (χ1v) is 6.65. The molecule has 5 nitrogen and oxygen atoms in total. The second kappa shape index (κ2) is 7.69. The monoisotopic (exact) mass is 405 g/mol. The minimum absolute atomic E-state index is 0. The highest BCUT2D eigenvalue weighted by Crippen LogP contribution is 2.06. The van der Waals surface area contributed by atoms with Crippen molar-refractivity contribution in [3.05, 3.63) is 66.0 Å². The van der Waals surface area contributed by atoms with E-state index in [1.54, 1.807) is 25.0 Å². The summed E-state index contributed by atoms with van der Waals surface area (Å²) in [4.78, 5) is 14.1. The van der Waals surface area contributed by atoms with E-state index >= 15 is 0 Å². The Morgan fingerprint density at radius 2 is 1.36 bits per heavy atom. The summed E-state index contributed by atoms with van der Waals surface area (Å²) in [6.45, 7) is 0. The van der Waals surface area contributed by atoms with E-state index in [9.17, 15) is 0 Å². The lowest BCUT2D eigenvalue weighted by molar-refractivity contribution is -0.675. The molecule has 0 aromatic carbocycles. The van der Waals surface area contributed by atoms with Crippen LogP contribution in [0.15, 0.2) is 43.2 Å². The van der Waals surface area contributed by atoms with Gasteiger partial charge in [-0.1, -0.05) is 0 Å². The Hall–Kier alpha value is -2.22. The average molecular weight is 405 g/mol. The van der Waals surface area contributed by atoms with E-state index in [-0.39, 0.29) is 24.0 Å². The van der Waals surface area contributed by atoms with Gasteiger partial charge in [-0.3, -0.25) is 0 Å². The Bertz CT molecular complexity index is 695. The number of nitrogens with zero attached hydrogens (tertiary/aromatic N) is 3. The van der Waals surface area contributed by atoms with Crippen LogP contribution < -0.4 is 28.5 Å². The van der Waals surface area contributed by atoms with Crippen LogP contribution in [0.5, 0.6) is 0 Å². The molecule has 0 spiro atoms. The largest absolute Gasteiger partial charge is 1.00 e. The molecule has 112 valence electrons. The third kappa shape index (κ3) is 3.91. The summed E-state index contributed by atoms with van der Waals surface area (Å²) in [6.07, 6.45) is 15.0. The third-order valence-corrected chi connectivity index (χ3v) is 3.21. The molecular formula is C16H16IN5. The van der Waals surface area contributed by atoms with Crippen molar-refractivity contribution in [3.63, 3.8) is 0 Å². The number of halogens is 1. The van der Waals surface area contributed by atoms with Crippen LogP contribution in [0.2, 0.25) is 0 Å². The number of aromatic nitrogens is 5. The predicted molar refractivity (Wildman–Crippen MR) is 82.6 cm³/mol. The number of aromatic amines is 2. The van der Waals surface area contributed by atoms with E-state index in [4.69, 9.17) is 0 Å². The SMILES string of the molecule is C[n+]1c(/C=C/c2cnc[nH]2)cccc1/C=C/c1cnc[nH]1.[I-]. The molecule has 2 N–H and O–H groups in total. The Kier molecular flexibility index (Phi) is 5.65. The molecule has 3 rings (SSSR count). The number of nitrogens with one attached hydrogen (secondary N) is 2. The van der Waals surface area contributed by atoms with Crippen LogP contribution in [0, 0.1) is 0 Å². The molecule has 0 saturated carbocycles. The summed E-state index contributed by atoms with van der Waals surface area (Å²) in [5.41, 5.74) is 4.18. The first kappa shape index (κ1) is 16.2. The lowest BCUT2D eigenvalue weighted by atomic mass is 10.2. The zero-order valence-electron chi connectivity index (χ0n) is 12.1. The van der Waals surface area contributed by atoms with Crippen molar-refractivity contribution in [3.8, 4) is 0 Å². The minimum Gasteiger partial charge on any atom is -1.00 e. The highest BCUT2D eigenvalue weighted by atomic mass is 127. The molecule has 0 atom stereocenters. The molecule has 0 radical (unpaired) electrons. The number of pyridine rings is 1. The summed E-state index contributed by atoms with van der Waals surface area (Å²) in [5, 5.41) is 0. The van der Waals surface area contributed by atoms with E-state index in [1.165, 1.54) is 0 Å². The Balaban J connectivity index is 0.00000176. The van der Waals surface area contributed by atoms with Crippen molar-refractivity contribution in [2.24, 2.45) is 7.05 Å². The predicted octanol–water partition coefficient (Wildman–Crippen LogP) is -0.698. The number of H-pyrrole nitrogens is 2. The normalized spacial score (nSPS) is 11.1. The lowest BCUT2D eigenvalue weighted by Gasteiger charge is -1.98. The summed E-state index contributed by atoms with van der Waals surface area (Å²) in [7, 11) is 2.04. The molecular weight excluding hydrogens is 389 g/mol. The molecule has 0 aliphatic heterocycles. The molecule has 3 aromatic rings. The smallest absolute Gasteiger partial charge is 0.205 e. The van der Waals surface area contributed by atoms with Crippen LogP contribution in [-0.4, -0.2) is 19.9 Å². The van der Waals surface area contributed by atoms with Gasteiger partial charge in [-0.25, -0.2) is 9.97 Å². The molecule has 0 aliphatic carbocycles. The number of imidazole rings is 2. The van der Waals surface area contributed by atoms with Crippen molar-refractivity contribution < 1.29 is 28.5 Å². The van der Waals surface area contributed by atoms with Crippen molar-refractivity contribution in [2.75, 3.05) is 0 Å². The maximum Gasteiger partial charge on any atom is 0.205 e. The molecule has 0 unspecified atom stereocenters. The molecule has 3 aromatic heterocycles. The molecule has 0 fully saturated rings. The zero-order chi connectivity index (χ0) is 14.5. The van der Waals surface area contributed by atoms with Crippen molar-refractivity contribution in [1.82, 2.24) is 19.9 Å². The van der Waals surface area contributed by atoms with Gasteiger partial charge in [-0.05, 0) is 18.2 Å². The van der Waals surface area contributed by atoms with Gasteiger partial charge in [0.15, 0.2) is 0 Å². The minimum atomic E-state index is 0. The van der Waals surface area contributed by atoms with Gasteiger partial charge in [0.1, 0.15) is 7.05 Å². The molecule has 22 heavy (non-hydrogen) atoms. The van der Waals surface area contributed by atoms with Gasteiger partial charge in [-0.2, -0.15) is 4.57 Å². The van der Waals surface area contributed by atoms with E-state index in [0.29, 0.717) is 0 Å². The highest BCUT2D eigenvalue weighted by molar-refractivity contribution is 5.67. The summed E-state index contributed by atoms with van der Waals surface area (Å²) >= 11 is 0.